The second-order valence-electron chi connectivity index (χ2n) is 11.0. The minimum atomic E-state index is -0.302. The first-order valence-corrected chi connectivity index (χ1v) is 11.6. The van der Waals surface area contributed by atoms with Crippen molar-refractivity contribution >= 4 is 0 Å². The topological polar surface area (TPSA) is 74.6 Å². The summed E-state index contributed by atoms with van der Waals surface area (Å²) in [6.45, 7) is 9.11. The molecule has 2 N–H and O–H groups in total. The first-order valence-electron chi connectivity index (χ1n) is 11.6. The van der Waals surface area contributed by atoms with Crippen LogP contribution in [0.2, 0.25) is 0 Å². The highest BCUT2D eigenvalue weighted by atomic mass is 16.3. The predicted molar refractivity (Wildman–Crippen MR) is 129 cm³/mol. The molecule has 32 heavy (non-hydrogen) atoms. The van der Waals surface area contributed by atoms with Crippen molar-refractivity contribution in [2.24, 2.45) is 10.8 Å². The van der Waals surface area contributed by atoms with Crippen LogP contribution in [-0.4, -0.2) is 10.2 Å². The van der Waals surface area contributed by atoms with Gasteiger partial charge in [-0.25, -0.2) is 0 Å². The van der Waals surface area contributed by atoms with Gasteiger partial charge in [0.05, 0.1) is 0 Å². The van der Waals surface area contributed by atoms with E-state index in [2.05, 4.69) is 27.7 Å². The van der Waals surface area contributed by atoms with Gasteiger partial charge in [0.2, 0.25) is 10.9 Å². The molecule has 2 fully saturated rings. The molecule has 0 saturated heterocycles. The minimum Gasteiger partial charge on any atom is -0.504 e. The molecule has 0 aromatic heterocycles. The van der Waals surface area contributed by atoms with Crippen LogP contribution in [0.5, 0.6) is 11.5 Å². The molecule has 2 saturated carbocycles. The van der Waals surface area contributed by atoms with E-state index in [1.807, 2.05) is 18.2 Å². The molecular weight excluding hydrogens is 400 g/mol. The Balaban J connectivity index is 0.000000181. The van der Waals surface area contributed by atoms with E-state index in [4.69, 9.17) is 0 Å². The summed E-state index contributed by atoms with van der Waals surface area (Å²) in [5.74, 6) is 0.669. The molecule has 0 radical (unpaired) electrons. The van der Waals surface area contributed by atoms with Crippen molar-refractivity contribution in [1.82, 2.24) is 0 Å². The normalized spacial score (nSPS) is 23.2. The third kappa shape index (κ3) is 6.21. The Bertz CT molecular complexity index is 1070. The molecule has 2 atom stereocenters. The molecule has 172 valence electrons. The van der Waals surface area contributed by atoms with Crippen LogP contribution in [0.25, 0.3) is 0 Å². The van der Waals surface area contributed by atoms with Crippen LogP contribution in [0.3, 0.4) is 0 Å². The molecule has 0 spiro atoms. The number of aromatic hydroxyl groups is 2. The van der Waals surface area contributed by atoms with Gasteiger partial charge in [-0.05, 0) is 96.6 Å². The first-order chi connectivity index (χ1) is 15.0. The third-order valence-electron chi connectivity index (χ3n) is 7.09. The van der Waals surface area contributed by atoms with Crippen molar-refractivity contribution in [3.8, 4) is 11.5 Å². The van der Waals surface area contributed by atoms with Crippen molar-refractivity contribution in [3.05, 3.63) is 80.1 Å². The summed E-state index contributed by atoms with van der Waals surface area (Å²) < 4.78 is 0. The van der Waals surface area contributed by atoms with Gasteiger partial charge in [-0.1, -0.05) is 52.0 Å². The Kier molecular flexibility index (Phi) is 7.12. The fourth-order valence-electron chi connectivity index (χ4n) is 5.14. The molecule has 4 rings (SSSR count). The second kappa shape index (κ2) is 9.48. The van der Waals surface area contributed by atoms with Gasteiger partial charge in [0, 0.05) is 0 Å². The second-order valence-corrected chi connectivity index (χ2v) is 11.0. The van der Waals surface area contributed by atoms with E-state index in [0.29, 0.717) is 22.7 Å². The third-order valence-corrected chi connectivity index (χ3v) is 7.09. The van der Waals surface area contributed by atoms with E-state index < -0.39 is 0 Å². The maximum Gasteiger partial charge on any atom is 0.220 e. The van der Waals surface area contributed by atoms with Crippen molar-refractivity contribution < 1.29 is 10.2 Å². The first kappa shape index (κ1) is 24.0. The van der Waals surface area contributed by atoms with E-state index in [0.717, 1.165) is 24.8 Å². The Labute approximate surface area is 191 Å². The molecule has 2 aliphatic carbocycles. The molecule has 4 nitrogen and oxygen atoms in total. The standard InChI is InChI=1S/2C14H18O2/c1-14(2)8-7-11(9-14)10-3-5-12(15)13(16)6-4-10;1-14(2)7-6-11(9-14)10-4-3-5-12(15)13(16)8-10/h3-6,11H,7-9H2,1-2H3,(H,15,16);3-5,8,11H,6-7,9H2,1-2H3,(H,15,16). The lowest BCUT2D eigenvalue weighted by atomic mass is 9.89. The van der Waals surface area contributed by atoms with E-state index in [-0.39, 0.29) is 22.4 Å². The Morgan fingerprint density at radius 2 is 1.22 bits per heavy atom. The molecule has 2 aromatic carbocycles. The fourth-order valence-corrected chi connectivity index (χ4v) is 5.14. The maximum atomic E-state index is 11.5. The van der Waals surface area contributed by atoms with E-state index in [1.165, 1.54) is 43.0 Å². The van der Waals surface area contributed by atoms with Gasteiger partial charge < -0.3 is 10.2 Å². The zero-order valence-electron chi connectivity index (χ0n) is 19.7. The van der Waals surface area contributed by atoms with Gasteiger partial charge in [0.15, 0.2) is 11.5 Å². The summed E-state index contributed by atoms with van der Waals surface area (Å²) >= 11 is 0. The van der Waals surface area contributed by atoms with Crippen LogP contribution in [0.4, 0.5) is 0 Å². The van der Waals surface area contributed by atoms with Gasteiger partial charge in [-0.3, -0.25) is 9.59 Å². The average molecular weight is 437 g/mol. The molecule has 0 heterocycles. The lowest BCUT2D eigenvalue weighted by molar-refractivity contribution is 0.376. The summed E-state index contributed by atoms with van der Waals surface area (Å²) in [6, 6.07) is 13.5. The molecule has 2 aromatic rings. The number of hydrogen-bond donors (Lipinski definition) is 2. The molecule has 0 aliphatic heterocycles. The molecule has 0 amide bonds. The van der Waals surface area contributed by atoms with Gasteiger partial charge in [-0.2, -0.15) is 0 Å². The highest BCUT2D eigenvalue weighted by Crippen LogP contribution is 2.46. The molecule has 4 heteroatoms. The summed E-state index contributed by atoms with van der Waals surface area (Å²) in [6.07, 6.45) is 7.02. The monoisotopic (exact) mass is 436 g/mol. The molecule has 2 unspecified atom stereocenters. The molecule has 0 bridgehead atoms. The molecular formula is C28H36O4. The smallest absolute Gasteiger partial charge is 0.220 e. The van der Waals surface area contributed by atoms with E-state index in [9.17, 15) is 19.8 Å². The lowest BCUT2D eigenvalue weighted by Gasteiger charge is -2.16. The zero-order chi connectivity index (χ0) is 23.5. The average Bonchev–Trinajstić information content (AvgIpc) is 3.15. The van der Waals surface area contributed by atoms with Crippen LogP contribution >= 0.6 is 0 Å². The Morgan fingerprint density at radius 1 is 0.688 bits per heavy atom. The largest absolute Gasteiger partial charge is 0.504 e. The van der Waals surface area contributed by atoms with Crippen LogP contribution < -0.4 is 10.9 Å². The lowest BCUT2D eigenvalue weighted by Crippen LogP contribution is -2.05. The zero-order valence-corrected chi connectivity index (χ0v) is 19.7. The van der Waals surface area contributed by atoms with Gasteiger partial charge in [-0.15, -0.1) is 0 Å². The van der Waals surface area contributed by atoms with Crippen molar-refractivity contribution in [1.29, 1.82) is 0 Å². The number of hydrogen-bond acceptors (Lipinski definition) is 4. The van der Waals surface area contributed by atoms with Crippen LogP contribution in [-0.2, 0) is 0 Å². The van der Waals surface area contributed by atoms with E-state index >= 15 is 0 Å². The summed E-state index contributed by atoms with van der Waals surface area (Å²) in [7, 11) is 0. The maximum absolute atomic E-state index is 11.5. The SMILES string of the molecule is CC1(C)CCC(c2ccc(O)c(=O)cc2)C1.CC1(C)CCC(c2cccc(O)c(=O)c2)C1. The van der Waals surface area contributed by atoms with Crippen molar-refractivity contribution in [3.63, 3.8) is 0 Å². The van der Waals surface area contributed by atoms with Crippen LogP contribution in [0.15, 0.2) is 58.1 Å². The predicted octanol–water partition coefficient (Wildman–Crippen LogP) is 6.09. The quantitative estimate of drug-likeness (QED) is 0.597. The molecule has 2 aliphatic rings. The fraction of sp³-hybridized carbons (Fsp3) is 0.500. The van der Waals surface area contributed by atoms with Crippen molar-refractivity contribution in [2.75, 3.05) is 0 Å². The van der Waals surface area contributed by atoms with Gasteiger partial charge in [0.25, 0.3) is 0 Å². The van der Waals surface area contributed by atoms with Crippen LogP contribution in [0.1, 0.15) is 89.2 Å². The minimum absolute atomic E-state index is 0.163. The Morgan fingerprint density at radius 3 is 1.78 bits per heavy atom. The highest BCUT2D eigenvalue weighted by molar-refractivity contribution is 5.28. The summed E-state index contributed by atoms with van der Waals surface area (Å²) in [5, 5.41) is 18.7. The van der Waals surface area contributed by atoms with E-state index in [1.54, 1.807) is 12.1 Å². The van der Waals surface area contributed by atoms with Crippen LogP contribution in [0, 0.1) is 10.8 Å². The van der Waals surface area contributed by atoms with Gasteiger partial charge >= 0.3 is 0 Å². The van der Waals surface area contributed by atoms with Crippen molar-refractivity contribution in [2.45, 2.75) is 78.1 Å². The van der Waals surface area contributed by atoms with Gasteiger partial charge in [0.1, 0.15) is 0 Å². The summed E-state index contributed by atoms with van der Waals surface area (Å²) in [5.41, 5.74) is 2.44. The Hall–Kier alpha value is -2.62. The summed E-state index contributed by atoms with van der Waals surface area (Å²) in [4.78, 5) is 22.8. The highest BCUT2D eigenvalue weighted by Gasteiger charge is 2.32. The number of rotatable bonds is 2.